The van der Waals surface area contributed by atoms with Crippen molar-refractivity contribution in [2.45, 2.75) is 13.3 Å². The SMILES string of the molecule is CC(=O)CC(=O)OCBr. The van der Waals surface area contributed by atoms with E-state index in [1.807, 2.05) is 0 Å². The molecule has 0 fully saturated rings. The van der Waals surface area contributed by atoms with Crippen molar-refractivity contribution < 1.29 is 14.3 Å². The minimum atomic E-state index is -0.487. The molecule has 0 aliphatic rings. The first-order valence-electron chi connectivity index (χ1n) is 2.38. The molecule has 0 heterocycles. The van der Waals surface area contributed by atoms with Gasteiger partial charge in [0.25, 0.3) is 0 Å². The number of Topliss-reactive ketones (excluding diaryl/α,β-unsaturated/α-hetero) is 1. The van der Waals surface area contributed by atoms with Crippen LogP contribution in [0.25, 0.3) is 0 Å². The maximum absolute atomic E-state index is 10.4. The molecule has 52 valence electrons. The lowest BCUT2D eigenvalue weighted by Crippen LogP contribution is -2.07. The topological polar surface area (TPSA) is 43.4 Å². The van der Waals surface area contributed by atoms with Crippen LogP contribution in [0.4, 0.5) is 0 Å². The predicted octanol–water partition coefficient (Wildman–Crippen LogP) is 0.861. The number of ether oxygens (including phenoxy) is 1. The number of carbonyl (C=O) groups is 2. The average molecular weight is 195 g/mol. The molecule has 0 aliphatic carbocycles. The molecule has 0 N–H and O–H groups in total. The van der Waals surface area contributed by atoms with E-state index in [2.05, 4.69) is 20.7 Å². The van der Waals surface area contributed by atoms with Gasteiger partial charge in [-0.1, -0.05) is 0 Å². The fourth-order valence-corrected chi connectivity index (χ4v) is 0.570. The second-order valence-electron chi connectivity index (χ2n) is 1.50. The van der Waals surface area contributed by atoms with E-state index >= 15 is 0 Å². The highest BCUT2D eigenvalue weighted by atomic mass is 79.9. The third kappa shape index (κ3) is 5.49. The normalized spacial score (nSPS) is 8.67. The Morgan fingerprint density at radius 1 is 1.56 bits per heavy atom. The van der Waals surface area contributed by atoms with Crippen LogP contribution in [0.2, 0.25) is 0 Å². The van der Waals surface area contributed by atoms with Gasteiger partial charge in [-0.15, -0.1) is 0 Å². The maximum atomic E-state index is 10.4. The Bertz CT molecular complexity index is 121. The Kier molecular flexibility index (Phi) is 4.30. The van der Waals surface area contributed by atoms with Crippen LogP contribution in [-0.4, -0.2) is 17.3 Å². The highest BCUT2D eigenvalue weighted by molar-refractivity contribution is 9.09. The first-order chi connectivity index (χ1) is 4.16. The molecule has 0 spiro atoms. The van der Waals surface area contributed by atoms with Crippen molar-refractivity contribution in [3.05, 3.63) is 0 Å². The van der Waals surface area contributed by atoms with Gasteiger partial charge in [-0.25, -0.2) is 0 Å². The minimum Gasteiger partial charge on any atom is -0.454 e. The van der Waals surface area contributed by atoms with Crippen LogP contribution in [0.3, 0.4) is 0 Å². The molecular formula is C5H7BrO3. The van der Waals surface area contributed by atoms with Crippen molar-refractivity contribution in [2.75, 3.05) is 5.52 Å². The summed E-state index contributed by atoms with van der Waals surface area (Å²) < 4.78 is 4.41. The van der Waals surface area contributed by atoms with Gasteiger partial charge >= 0.3 is 5.97 Å². The molecule has 9 heavy (non-hydrogen) atoms. The van der Waals surface area contributed by atoms with E-state index in [0.29, 0.717) is 0 Å². The predicted molar refractivity (Wildman–Crippen MR) is 35.2 cm³/mol. The lowest BCUT2D eigenvalue weighted by atomic mass is 10.3. The smallest absolute Gasteiger partial charge is 0.314 e. The summed E-state index contributed by atoms with van der Waals surface area (Å²) in [5, 5.41) is 0. The van der Waals surface area contributed by atoms with Crippen molar-refractivity contribution in [1.29, 1.82) is 0 Å². The van der Waals surface area contributed by atoms with Crippen molar-refractivity contribution in [3.63, 3.8) is 0 Å². The summed E-state index contributed by atoms with van der Waals surface area (Å²) >= 11 is 2.89. The molecular weight excluding hydrogens is 188 g/mol. The molecule has 0 aromatic rings. The minimum absolute atomic E-state index is 0.133. The summed E-state index contributed by atoms with van der Waals surface area (Å²) in [5.74, 6) is -0.666. The second kappa shape index (κ2) is 4.49. The van der Waals surface area contributed by atoms with Crippen LogP contribution in [0.15, 0.2) is 0 Å². The summed E-state index contributed by atoms with van der Waals surface area (Å²) in [5.41, 5.74) is 0.152. The number of hydrogen-bond acceptors (Lipinski definition) is 3. The van der Waals surface area contributed by atoms with Crippen LogP contribution >= 0.6 is 15.9 Å². The largest absolute Gasteiger partial charge is 0.454 e. The lowest BCUT2D eigenvalue weighted by Gasteiger charge is -1.94. The van der Waals surface area contributed by atoms with Gasteiger partial charge < -0.3 is 4.74 Å². The standard InChI is InChI=1S/C5H7BrO3/c1-4(7)2-5(8)9-3-6/h2-3H2,1H3. The number of hydrogen-bond donors (Lipinski definition) is 0. The first kappa shape index (κ1) is 8.62. The monoisotopic (exact) mass is 194 g/mol. The Morgan fingerprint density at radius 3 is 2.44 bits per heavy atom. The number of alkyl halides is 1. The number of carbonyl (C=O) groups excluding carboxylic acids is 2. The summed E-state index contributed by atoms with van der Waals surface area (Å²) in [4.78, 5) is 20.6. The van der Waals surface area contributed by atoms with E-state index < -0.39 is 5.97 Å². The number of rotatable bonds is 3. The first-order valence-corrected chi connectivity index (χ1v) is 3.50. The van der Waals surface area contributed by atoms with Gasteiger partial charge in [-0.2, -0.15) is 0 Å². The number of ketones is 1. The molecule has 0 aromatic heterocycles. The zero-order valence-corrected chi connectivity index (χ0v) is 6.60. The highest BCUT2D eigenvalue weighted by Gasteiger charge is 2.03. The Labute approximate surface area is 61.5 Å². The Hall–Kier alpha value is -0.380. The van der Waals surface area contributed by atoms with Crippen LogP contribution in [0.1, 0.15) is 13.3 Å². The van der Waals surface area contributed by atoms with Crippen molar-refractivity contribution in [2.24, 2.45) is 0 Å². The molecule has 0 amide bonds. The van der Waals surface area contributed by atoms with E-state index in [0.717, 1.165) is 0 Å². The fraction of sp³-hybridized carbons (Fsp3) is 0.600. The van der Waals surface area contributed by atoms with E-state index in [1.165, 1.54) is 6.92 Å². The molecule has 0 aliphatic heterocycles. The van der Waals surface area contributed by atoms with E-state index in [9.17, 15) is 9.59 Å². The molecule has 0 saturated heterocycles. The molecule has 0 bridgehead atoms. The fourth-order valence-electron chi connectivity index (χ4n) is 0.315. The van der Waals surface area contributed by atoms with Gasteiger partial charge in [-0.3, -0.25) is 9.59 Å². The number of halogens is 1. The van der Waals surface area contributed by atoms with E-state index in [4.69, 9.17) is 0 Å². The van der Waals surface area contributed by atoms with Crippen LogP contribution in [-0.2, 0) is 14.3 Å². The third-order valence-electron chi connectivity index (χ3n) is 0.609. The maximum Gasteiger partial charge on any atom is 0.314 e. The molecule has 4 heteroatoms. The van der Waals surface area contributed by atoms with Gasteiger partial charge in [0.1, 0.15) is 17.7 Å². The van der Waals surface area contributed by atoms with Crippen LogP contribution in [0.5, 0.6) is 0 Å². The summed E-state index contributed by atoms with van der Waals surface area (Å²) in [6, 6.07) is 0. The highest BCUT2D eigenvalue weighted by Crippen LogP contribution is 1.89. The molecule has 0 atom stereocenters. The molecule has 0 saturated carbocycles. The molecule has 0 aromatic carbocycles. The molecule has 0 radical (unpaired) electrons. The van der Waals surface area contributed by atoms with Gasteiger partial charge in [0.2, 0.25) is 0 Å². The summed E-state index contributed by atoms with van der Waals surface area (Å²) in [7, 11) is 0. The van der Waals surface area contributed by atoms with E-state index in [-0.39, 0.29) is 17.7 Å². The van der Waals surface area contributed by atoms with Crippen molar-refractivity contribution >= 4 is 27.7 Å². The van der Waals surface area contributed by atoms with Crippen LogP contribution in [0, 0.1) is 0 Å². The zero-order chi connectivity index (χ0) is 7.28. The molecule has 0 unspecified atom stereocenters. The van der Waals surface area contributed by atoms with Crippen molar-refractivity contribution in [1.82, 2.24) is 0 Å². The Morgan fingerprint density at radius 2 is 2.11 bits per heavy atom. The third-order valence-corrected chi connectivity index (χ3v) is 0.838. The van der Waals surface area contributed by atoms with Gasteiger partial charge in [0, 0.05) is 0 Å². The molecule has 0 rings (SSSR count). The zero-order valence-electron chi connectivity index (χ0n) is 5.02. The Balaban J connectivity index is 3.39. The quantitative estimate of drug-likeness (QED) is 0.381. The van der Waals surface area contributed by atoms with Gasteiger partial charge in [0.05, 0.1) is 0 Å². The summed E-state index contributed by atoms with van der Waals surface area (Å²) in [6.45, 7) is 1.34. The van der Waals surface area contributed by atoms with Crippen LogP contribution < -0.4 is 0 Å². The average Bonchev–Trinajstić information content (AvgIpc) is 1.63. The lowest BCUT2D eigenvalue weighted by molar-refractivity contribution is -0.143. The van der Waals surface area contributed by atoms with Crippen molar-refractivity contribution in [3.8, 4) is 0 Å². The van der Waals surface area contributed by atoms with E-state index in [1.54, 1.807) is 0 Å². The van der Waals surface area contributed by atoms with Gasteiger partial charge in [-0.05, 0) is 22.9 Å². The number of esters is 1. The molecule has 3 nitrogen and oxygen atoms in total. The summed E-state index contributed by atoms with van der Waals surface area (Å²) in [6.07, 6.45) is -0.133. The van der Waals surface area contributed by atoms with Gasteiger partial charge in [0.15, 0.2) is 0 Å². The second-order valence-corrected chi connectivity index (χ2v) is 1.96.